The van der Waals surface area contributed by atoms with Crippen molar-refractivity contribution in [2.75, 3.05) is 13.2 Å². The van der Waals surface area contributed by atoms with Crippen molar-refractivity contribution in [2.45, 2.75) is 431 Å². The van der Waals surface area contributed by atoms with Crippen LogP contribution in [0.5, 0.6) is 0 Å². The number of carbonyl (C=O) groups excluding carboxylic acids is 3. The number of esters is 3. The van der Waals surface area contributed by atoms with E-state index in [1.165, 1.54) is 327 Å². The van der Waals surface area contributed by atoms with Crippen LogP contribution in [0.25, 0.3) is 0 Å². The summed E-state index contributed by atoms with van der Waals surface area (Å²) in [4.78, 5) is 38.2. The van der Waals surface area contributed by atoms with Gasteiger partial charge in [0, 0.05) is 19.3 Å². The van der Waals surface area contributed by atoms with Crippen LogP contribution < -0.4 is 0 Å². The Morgan fingerprint density at radius 1 is 0.205 bits per heavy atom. The molecule has 0 spiro atoms. The van der Waals surface area contributed by atoms with Gasteiger partial charge in [-0.25, -0.2) is 0 Å². The lowest BCUT2D eigenvalue weighted by molar-refractivity contribution is -0.167. The van der Waals surface area contributed by atoms with Gasteiger partial charge in [-0.05, 0) is 19.3 Å². The van der Waals surface area contributed by atoms with Crippen LogP contribution in [0.3, 0.4) is 0 Å². The summed E-state index contributed by atoms with van der Waals surface area (Å²) >= 11 is 0. The van der Waals surface area contributed by atoms with Crippen LogP contribution in [0.4, 0.5) is 0 Å². The van der Waals surface area contributed by atoms with Gasteiger partial charge in [-0.1, -0.05) is 387 Å². The molecule has 1 atom stereocenters. The van der Waals surface area contributed by atoms with Gasteiger partial charge in [0.2, 0.25) is 0 Å². The average Bonchev–Trinajstić information content (AvgIpc) is 3.44. The number of carbonyl (C=O) groups is 3. The smallest absolute Gasteiger partial charge is 0.306 e. The molecule has 0 amide bonds. The van der Waals surface area contributed by atoms with Crippen LogP contribution in [0.2, 0.25) is 0 Å². The van der Waals surface area contributed by atoms with E-state index in [2.05, 4.69) is 20.8 Å². The lowest BCUT2D eigenvalue weighted by Gasteiger charge is -2.18. The fourth-order valence-corrected chi connectivity index (χ4v) is 11.5. The number of ether oxygens (including phenoxy) is 3. The normalized spacial score (nSPS) is 11.9. The van der Waals surface area contributed by atoms with Crippen molar-refractivity contribution in [3.63, 3.8) is 0 Å². The third kappa shape index (κ3) is 65.2. The summed E-state index contributed by atoms with van der Waals surface area (Å²) in [6.45, 7) is 6.71. The van der Waals surface area contributed by atoms with E-state index in [0.717, 1.165) is 57.8 Å². The van der Waals surface area contributed by atoms with Crippen molar-refractivity contribution >= 4 is 17.9 Å². The molecule has 0 heterocycles. The Labute approximate surface area is 488 Å². The van der Waals surface area contributed by atoms with Gasteiger partial charge in [-0.15, -0.1) is 0 Å². The molecule has 0 fully saturated rings. The number of rotatable bonds is 68. The van der Waals surface area contributed by atoms with E-state index in [0.29, 0.717) is 19.3 Å². The first-order valence-corrected chi connectivity index (χ1v) is 36.0. The standard InChI is InChI=1S/C72H140O6/c1-4-7-10-13-16-19-21-23-25-27-28-29-30-31-32-33-34-35-36-37-38-39-40-41-42-43-44-45-47-48-50-53-56-59-62-65-71(74)77-68-69(67-76-70(73)64-61-58-55-52-18-15-12-9-6-3)78-72(75)66-63-60-57-54-51-49-46-26-24-22-20-17-14-11-8-5-2/h69H,4-68H2,1-3H3. The maximum Gasteiger partial charge on any atom is 0.306 e. The van der Waals surface area contributed by atoms with Gasteiger partial charge in [0.1, 0.15) is 13.2 Å². The fraction of sp³-hybridized carbons (Fsp3) is 0.958. The lowest BCUT2D eigenvalue weighted by Crippen LogP contribution is -2.30. The Morgan fingerprint density at radius 3 is 0.513 bits per heavy atom. The van der Waals surface area contributed by atoms with Gasteiger partial charge >= 0.3 is 17.9 Å². The first-order valence-electron chi connectivity index (χ1n) is 36.0. The van der Waals surface area contributed by atoms with Gasteiger partial charge in [0.15, 0.2) is 6.10 Å². The van der Waals surface area contributed by atoms with Crippen molar-refractivity contribution in [1.82, 2.24) is 0 Å². The average molecular weight is 1100 g/mol. The SMILES string of the molecule is CCCCCCCCCCCCCCCCCCCCCCCCCCCCCCCCCCCCCC(=O)OCC(COC(=O)CCCCCCCCCCC)OC(=O)CCCCCCCCCCCCCCCCCC. The Bertz CT molecular complexity index is 1170. The van der Waals surface area contributed by atoms with Crippen LogP contribution in [-0.2, 0) is 28.6 Å². The molecule has 0 aliphatic heterocycles. The Kier molecular flexibility index (Phi) is 66.5. The second-order valence-corrected chi connectivity index (χ2v) is 24.9. The predicted octanol–water partition coefficient (Wildman–Crippen LogP) is 24.6. The summed E-state index contributed by atoms with van der Waals surface area (Å²) in [5.74, 6) is -0.830. The van der Waals surface area contributed by atoms with Crippen molar-refractivity contribution in [3.05, 3.63) is 0 Å². The first-order chi connectivity index (χ1) is 38.5. The summed E-state index contributed by atoms with van der Waals surface area (Å²) in [6, 6.07) is 0. The van der Waals surface area contributed by atoms with E-state index in [1.807, 2.05) is 0 Å². The van der Waals surface area contributed by atoms with Crippen LogP contribution in [0, 0.1) is 0 Å². The maximum absolute atomic E-state index is 12.9. The zero-order valence-corrected chi connectivity index (χ0v) is 53.5. The Hall–Kier alpha value is -1.59. The molecule has 0 radical (unpaired) electrons. The maximum atomic E-state index is 12.9. The second kappa shape index (κ2) is 67.9. The van der Waals surface area contributed by atoms with Crippen molar-refractivity contribution in [2.24, 2.45) is 0 Å². The highest BCUT2D eigenvalue weighted by Crippen LogP contribution is 2.20. The minimum absolute atomic E-state index is 0.0610. The van der Waals surface area contributed by atoms with E-state index < -0.39 is 6.10 Å². The Balaban J connectivity index is 3.92. The fourth-order valence-electron chi connectivity index (χ4n) is 11.5. The summed E-state index contributed by atoms with van der Waals surface area (Å²) in [6.07, 6.45) is 80.3. The highest BCUT2D eigenvalue weighted by atomic mass is 16.6. The van der Waals surface area contributed by atoms with Gasteiger partial charge in [0.25, 0.3) is 0 Å². The first kappa shape index (κ1) is 76.4. The van der Waals surface area contributed by atoms with E-state index in [4.69, 9.17) is 14.2 Å². The minimum Gasteiger partial charge on any atom is -0.462 e. The monoisotopic (exact) mass is 1100 g/mol. The molecule has 0 saturated heterocycles. The Morgan fingerprint density at radius 2 is 0.346 bits per heavy atom. The molecule has 6 heteroatoms. The van der Waals surface area contributed by atoms with Gasteiger partial charge < -0.3 is 14.2 Å². The molecule has 464 valence electrons. The second-order valence-electron chi connectivity index (χ2n) is 24.9. The molecule has 0 aromatic rings. The molecule has 0 bridgehead atoms. The van der Waals surface area contributed by atoms with Crippen LogP contribution in [0.1, 0.15) is 425 Å². The van der Waals surface area contributed by atoms with Crippen LogP contribution in [0.15, 0.2) is 0 Å². The molecule has 78 heavy (non-hydrogen) atoms. The van der Waals surface area contributed by atoms with E-state index >= 15 is 0 Å². The number of hydrogen-bond donors (Lipinski definition) is 0. The topological polar surface area (TPSA) is 78.9 Å². The molecule has 0 aromatic heterocycles. The molecule has 0 rings (SSSR count). The van der Waals surface area contributed by atoms with E-state index in [9.17, 15) is 14.4 Å². The highest BCUT2D eigenvalue weighted by Gasteiger charge is 2.20. The quantitative estimate of drug-likeness (QED) is 0.0343. The van der Waals surface area contributed by atoms with Gasteiger partial charge in [0.05, 0.1) is 0 Å². The lowest BCUT2D eigenvalue weighted by atomic mass is 10.0. The van der Waals surface area contributed by atoms with Crippen LogP contribution >= 0.6 is 0 Å². The molecule has 6 nitrogen and oxygen atoms in total. The molecule has 0 aromatic carbocycles. The highest BCUT2D eigenvalue weighted by molar-refractivity contribution is 5.71. The molecule has 0 N–H and O–H groups in total. The van der Waals surface area contributed by atoms with Gasteiger partial charge in [-0.2, -0.15) is 0 Å². The van der Waals surface area contributed by atoms with Crippen LogP contribution in [-0.4, -0.2) is 37.2 Å². The van der Waals surface area contributed by atoms with E-state index in [1.54, 1.807) is 0 Å². The minimum atomic E-state index is -0.762. The molecular weight excluding hydrogens is 961 g/mol. The molecule has 0 saturated carbocycles. The molecule has 0 aliphatic carbocycles. The summed E-state index contributed by atoms with van der Waals surface area (Å²) in [5.41, 5.74) is 0. The molecule has 0 aliphatic rings. The van der Waals surface area contributed by atoms with Crippen molar-refractivity contribution < 1.29 is 28.6 Å². The molecular formula is C72H140O6. The van der Waals surface area contributed by atoms with Crippen molar-refractivity contribution in [3.8, 4) is 0 Å². The predicted molar refractivity (Wildman–Crippen MR) is 340 cm³/mol. The number of unbranched alkanes of at least 4 members (excludes halogenated alkanes) is 57. The number of hydrogen-bond acceptors (Lipinski definition) is 6. The van der Waals surface area contributed by atoms with E-state index in [-0.39, 0.29) is 31.1 Å². The third-order valence-corrected chi connectivity index (χ3v) is 16.9. The zero-order chi connectivity index (χ0) is 56.4. The summed E-state index contributed by atoms with van der Waals surface area (Å²) in [5, 5.41) is 0. The van der Waals surface area contributed by atoms with Crippen molar-refractivity contribution in [1.29, 1.82) is 0 Å². The third-order valence-electron chi connectivity index (χ3n) is 16.9. The zero-order valence-electron chi connectivity index (χ0n) is 53.5. The summed E-state index contributed by atoms with van der Waals surface area (Å²) < 4.78 is 16.9. The largest absolute Gasteiger partial charge is 0.462 e. The van der Waals surface area contributed by atoms with Gasteiger partial charge in [-0.3, -0.25) is 14.4 Å². The molecule has 1 unspecified atom stereocenters. The summed E-state index contributed by atoms with van der Waals surface area (Å²) in [7, 11) is 0.